The molecule has 2 heterocycles. The summed E-state index contributed by atoms with van der Waals surface area (Å²) in [6.07, 6.45) is 3.37. The molecule has 0 bridgehead atoms. The molecule has 1 aliphatic heterocycles. The summed E-state index contributed by atoms with van der Waals surface area (Å²) in [5.41, 5.74) is 1.21. The fourth-order valence-corrected chi connectivity index (χ4v) is 5.62. The second-order valence-electron chi connectivity index (χ2n) is 8.50. The molecule has 0 unspecified atom stereocenters. The lowest BCUT2D eigenvalue weighted by molar-refractivity contribution is 0.269. The van der Waals surface area contributed by atoms with E-state index in [1.54, 1.807) is 16.7 Å². The summed E-state index contributed by atoms with van der Waals surface area (Å²) in [5, 5.41) is 0.362. The first-order chi connectivity index (χ1) is 14.8. The van der Waals surface area contributed by atoms with E-state index >= 15 is 0 Å². The summed E-state index contributed by atoms with van der Waals surface area (Å²) in [7, 11) is -3.57. The Morgan fingerprint density at radius 1 is 1.10 bits per heavy atom. The van der Waals surface area contributed by atoms with E-state index in [0.717, 1.165) is 12.0 Å². The largest absolute Gasteiger partial charge is 0.296 e. The fraction of sp³-hybridized carbons (Fsp3) is 0.391. The second kappa shape index (κ2) is 8.51. The van der Waals surface area contributed by atoms with Crippen LogP contribution in [0.2, 0.25) is 0 Å². The molecule has 31 heavy (non-hydrogen) atoms. The molecule has 1 aliphatic rings. The highest BCUT2D eigenvalue weighted by Gasteiger charge is 2.30. The minimum atomic E-state index is -3.57. The van der Waals surface area contributed by atoms with Crippen molar-refractivity contribution in [2.45, 2.75) is 44.0 Å². The molecular formula is C23H26FN3O3S. The van der Waals surface area contributed by atoms with E-state index in [0.29, 0.717) is 47.6 Å². The van der Waals surface area contributed by atoms with E-state index in [2.05, 4.69) is 18.8 Å². The normalized spacial score (nSPS) is 16.3. The number of benzene rings is 2. The van der Waals surface area contributed by atoms with Crippen molar-refractivity contribution in [3.8, 4) is 0 Å². The molecular weight excluding hydrogens is 417 g/mol. The van der Waals surface area contributed by atoms with Gasteiger partial charge in [-0.3, -0.25) is 9.36 Å². The Morgan fingerprint density at radius 2 is 1.77 bits per heavy atom. The Balaban J connectivity index is 1.49. The summed E-state index contributed by atoms with van der Waals surface area (Å²) in [6, 6.07) is 10.9. The average molecular weight is 444 g/mol. The third-order valence-corrected chi connectivity index (χ3v) is 7.68. The van der Waals surface area contributed by atoms with Crippen LogP contribution in [-0.4, -0.2) is 35.4 Å². The predicted octanol–water partition coefficient (Wildman–Crippen LogP) is 3.76. The molecule has 0 aliphatic carbocycles. The average Bonchev–Trinajstić information content (AvgIpc) is 2.74. The van der Waals surface area contributed by atoms with Gasteiger partial charge in [0, 0.05) is 25.2 Å². The van der Waals surface area contributed by atoms with E-state index < -0.39 is 15.8 Å². The Kier molecular flexibility index (Phi) is 5.94. The summed E-state index contributed by atoms with van der Waals surface area (Å²) in [5.74, 6) is 0.0708. The lowest BCUT2D eigenvalue weighted by Crippen LogP contribution is -2.40. The van der Waals surface area contributed by atoms with Crippen molar-refractivity contribution in [1.82, 2.24) is 13.9 Å². The number of sulfonamides is 1. The molecule has 0 atom stereocenters. The number of halogens is 1. The van der Waals surface area contributed by atoms with E-state index in [-0.39, 0.29) is 11.6 Å². The molecule has 0 amide bonds. The van der Waals surface area contributed by atoms with Gasteiger partial charge in [-0.1, -0.05) is 26.0 Å². The van der Waals surface area contributed by atoms with Crippen molar-refractivity contribution in [2.75, 3.05) is 13.1 Å². The van der Waals surface area contributed by atoms with Gasteiger partial charge in [-0.25, -0.2) is 17.8 Å². The van der Waals surface area contributed by atoms with Gasteiger partial charge in [0.25, 0.3) is 5.56 Å². The quantitative estimate of drug-likeness (QED) is 0.602. The summed E-state index contributed by atoms with van der Waals surface area (Å²) in [6.45, 7) is 4.91. The molecule has 8 heteroatoms. The van der Waals surface area contributed by atoms with Crippen LogP contribution in [0.1, 0.15) is 38.3 Å². The topological polar surface area (TPSA) is 72.3 Å². The zero-order chi connectivity index (χ0) is 22.2. The van der Waals surface area contributed by atoms with Gasteiger partial charge in [-0.2, -0.15) is 4.31 Å². The summed E-state index contributed by atoms with van der Waals surface area (Å²) >= 11 is 0. The molecule has 0 radical (unpaired) electrons. The van der Waals surface area contributed by atoms with Crippen molar-refractivity contribution >= 4 is 20.9 Å². The van der Waals surface area contributed by atoms with E-state index in [1.165, 1.54) is 28.8 Å². The monoisotopic (exact) mass is 443 g/mol. The minimum Gasteiger partial charge on any atom is -0.296 e. The predicted molar refractivity (Wildman–Crippen MR) is 118 cm³/mol. The number of hydrogen-bond donors (Lipinski definition) is 0. The number of aromatic nitrogens is 2. The Hall–Kier alpha value is -2.58. The van der Waals surface area contributed by atoms with Crippen molar-refractivity contribution in [2.24, 2.45) is 5.92 Å². The SMILES string of the molecule is CC(C)Cc1ccc(S(=O)(=O)N2CCC(n3cnc4cc(F)ccc4c3=O)CC2)cc1. The minimum absolute atomic E-state index is 0.144. The molecule has 0 spiro atoms. The Labute approximate surface area is 181 Å². The van der Waals surface area contributed by atoms with Gasteiger partial charge in [0.15, 0.2) is 0 Å². The second-order valence-corrected chi connectivity index (χ2v) is 10.4. The molecule has 4 rings (SSSR count). The van der Waals surface area contributed by atoms with E-state index in [1.807, 2.05) is 12.1 Å². The van der Waals surface area contributed by atoms with Gasteiger partial charge in [-0.15, -0.1) is 0 Å². The lowest BCUT2D eigenvalue weighted by Gasteiger charge is -2.32. The maximum absolute atomic E-state index is 13.4. The molecule has 164 valence electrons. The highest BCUT2D eigenvalue weighted by molar-refractivity contribution is 7.89. The lowest BCUT2D eigenvalue weighted by atomic mass is 10.0. The molecule has 6 nitrogen and oxygen atoms in total. The Morgan fingerprint density at radius 3 is 2.42 bits per heavy atom. The number of fused-ring (bicyclic) bond motifs is 1. The summed E-state index contributed by atoms with van der Waals surface area (Å²) in [4.78, 5) is 17.3. The zero-order valence-electron chi connectivity index (χ0n) is 17.7. The van der Waals surface area contributed by atoms with Crippen molar-refractivity contribution in [3.63, 3.8) is 0 Å². The van der Waals surface area contributed by atoms with Gasteiger partial charge in [-0.05, 0) is 55.0 Å². The standard InChI is InChI=1S/C23H26FN3O3S/c1-16(2)13-17-3-6-20(7-4-17)31(29,30)26-11-9-19(10-12-26)27-15-25-22-14-18(24)5-8-21(22)23(27)28/h3-8,14-16,19H,9-13H2,1-2H3. The van der Waals surface area contributed by atoms with Gasteiger partial charge in [0.05, 0.1) is 22.1 Å². The van der Waals surface area contributed by atoms with E-state index in [4.69, 9.17) is 0 Å². The fourth-order valence-electron chi connectivity index (χ4n) is 4.15. The molecule has 1 fully saturated rings. The van der Waals surface area contributed by atoms with E-state index in [9.17, 15) is 17.6 Å². The van der Waals surface area contributed by atoms with Crippen molar-refractivity contribution in [3.05, 3.63) is 70.5 Å². The van der Waals surface area contributed by atoms with Crippen molar-refractivity contribution in [1.29, 1.82) is 0 Å². The maximum atomic E-state index is 13.4. The molecule has 2 aromatic carbocycles. The van der Waals surface area contributed by atoms with Gasteiger partial charge in [0.2, 0.25) is 10.0 Å². The van der Waals surface area contributed by atoms with Crippen LogP contribution in [-0.2, 0) is 16.4 Å². The van der Waals surface area contributed by atoms with Crippen LogP contribution >= 0.6 is 0 Å². The smallest absolute Gasteiger partial charge is 0.261 e. The number of rotatable bonds is 5. The van der Waals surface area contributed by atoms with Crippen LogP contribution in [0.25, 0.3) is 10.9 Å². The first-order valence-corrected chi connectivity index (χ1v) is 11.9. The van der Waals surface area contributed by atoms with Gasteiger partial charge >= 0.3 is 0 Å². The molecule has 0 saturated carbocycles. The number of nitrogens with zero attached hydrogens (tertiary/aromatic N) is 3. The van der Waals surface area contributed by atoms with Crippen LogP contribution in [0.15, 0.2) is 58.5 Å². The maximum Gasteiger partial charge on any atom is 0.261 e. The molecule has 0 N–H and O–H groups in total. The van der Waals surface area contributed by atoms with Crippen molar-refractivity contribution < 1.29 is 12.8 Å². The highest BCUT2D eigenvalue weighted by atomic mass is 32.2. The first kappa shape index (κ1) is 21.6. The zero-order valence-corrected chi connectivity index (χ0v) is 18.5. The molecule has 3 aromatic rings. The van der Waals surface area contributed by atoms with Crippen LogP contribution in [0.3, 0.4) is 0 Å². The number of piperidine rings is 1. The Bertz CT molecular complexity index is 1250. The third kappa shape index (κ3) is 4.41. The third-order valence-electron chi connectivity index (χ3n) is 5.77. The van der Waals surface area contributed by atoms with Crippen LogP contribution in [0, 0.1) is 11.7 Å². The molecule has 1 saturated heterocycles. The van der Waals surface area contributed by atoms with Crippen LogP contribution < -0.4 is 5.56 Å². The summed E-state index contributed by atoms with van der Waals surface area (Å²) < 4.78 is 42.5. The number of hydrogen-bond acceptors (Lipinski definition) is 4. The van der Waals surface area contributed by atoms with Crippen LogP contribution in [0.4, 0.5) is 4.39 Å². The van der Waals surface area contributed by atoms with Gasteiger partial charge < -0.3 is 0 Å². The molecule has 1 aromatic heterocycles. The van der Waals surface area contributed by atoms with Crippen LogP contribution in [0.5, 0.6) is 0 Å². The van der Waals surface area contributed by atoms with Gasteiger partial charge in [0.1, 0.15) is 5.82 Å². The highest BCUT2D eigenvalue weighted by Crippen LogP contribution is 2.27. The first-order valence-electron chi connectivity index (χ1n) is 10.5.